The molecule has 0 aliphatic heterocycles. The fourth-order valence-corrected chi connectivity index (χ4v) is 2.53. The van der Waals surface area contributed by atoms with E-state index in [2.05, 4.69) is 17.6 Å². The molecule has 2 rings (SSSR count). The fraction of sp³-hybridized carbons (Fsp3) is 0.500. The maximum absolute atomic E-state index is 11.9. The van der Waals surface area contributed by atoms with Crippen LogP contribution in [0.3, 0.4) is 0 Å². The Morgan fingerprint density at radius 2 is 1.81 bits per heavy atom. The van der Waals surface area contributed by atoms with Gasteiger partial charge < -0.3 is 15.7 Å². The Balaban J connectivity index is 1.88. The minimum atomic E-state index is -0.697. The minimum Gasteiger partial charge on any atom is -0.391 e. The van der Waals surface area contributed by atoms with E-state index in [0.717, 1.165) is 19.3 Å². The number of anilines is 1. The summed E-state index contributed by atoms with van der Waals surface area (Å²) in [7, 11) is 0. The lowest BCUT2D eigenvalue weighted by molar-refractivity contribution is -0.137. The zero-order chi connectivity index (χ0) is 15.2. The molecular weight excluding hydrogens is 268 g/mol. The van der Waals surface area contributed by atoms with E-state index in [9.17, 15) is 14.7 Å². The van der Waals surface area contributed by atoms with Crippen molar-refractivity contribution >= 4 is 17.5 Å². The van der Waals surface area contributed by atoms with Gasteiger partial charge in [-0.05, 0) is 37.0 Å². The van der Waals surface area contributed by atoms with Gasteiger partial charge in [0.15, 0.2) is 0 Å². The van der Waals surface area contributed by atoms with Crippen LogP contribution in [0.4, 0.5) is 5.69 Å². The number of aliphatic hydroxyl groups is 1. The Labute approximate surface area is 124 Å². The van der Waals surface area contributed by atoms with Gasteiger partial charge in [0.2, 0.25) is 0 Å². The first-order valence-corrected chi connectivity index (χ1v) is 7.49. The van der Waals surface area contributed by atoms with E-state index in [1.54, 1.807) is 12.1 Å². The van der Waals surface area contributed by atoms with Crippen molar-refractivity contribution in [3.05, 3.63) is 29.8 Å². The largest absolute Gasteiger partial charge is 0.391 e. The van der Waals surface area contributed by atoms with E-state index in [1.807, 2.05) is 12.1 Å². The van der Waals surface area contributed by atoms with Crippen LogP contribution >= 0.6 is 0 Å². The number of nitrogens with one attached hydrogen (secondary N) is 2. The Bertz CT molecular complexity index is 499. The first-order chi connectivity index (χ1) is 10.1. The number of amides is 2. The zero-order valence-corrected chi connectivity index (χ0v) is 12.3. The van der Waals surface area contributed by atoms with Crippen LogP contribution in [0.25, 0.3) is 0 Å². The quantitative estimate of drug-likeness (QED) is 0.740. The third kappa shape index (κ3) is 4.29. The predicted octanol–water partition coefficient (Wildman–Crippen LogP) is 1.61. The molecule has 1 aliphatic rings. The average molecular weight is 290 g/mol. The van der Waals surface area contributed by atoms with E-state index < -0.39 is 17.9 Å². The second-order valence-electron chi connectivity index (χ2n) is 5.44. The highest BCUT2D eigenvalue weighted by Gasteiger charge is 2.26. The van der Waals surface area contributed by atoms with E-state index in [4.69, 9.17) is 0 Å². The Morgan fingerprint density at radius 3 is 2.43 bits per heavy atom. The number of carbonyl (C=O) groups excluding carboxylic acids is 2. The van der Waals surface area contributed by atoms with Crippen LogP contribution in [0, 0.1) is 0 Å². The van der Waals surface area contributed by atoms with E-state index in [-0.39, 0.29) is 6.04 Å². The summed E-state index contributed by atoms with van der Waals surface area (Å²) in [5.41, 5.74) is 1.76. The summed E-state index contributed by atoms with van der Waals surface area (Å²) in [6, 6.07) is 7.06. The minimum absolute atomic E-state index is 0.320. The van der Waals surface area contributed by atoms with Crippen LogP contribution in [-0.4, -0.2) is 29.1 Å². The van der Waals surface area contributed by atoms with Crippen molar-refractivity contribution in [2.24, 2.45) is 0 Å². The lowest BCUT2D eigenvalue weighted by Crippen LogP contribution is -2.48. The van der Waals surface area contributed by atoms with Crippen molar-refractivity contribution in [1.82, 2.24) is 5.32 Å². The average Bonchev–Trinajstić information content (AvgIpc) is 2.50. The van der Waals surface area contributed by atoms with Crippen molar-refractivity contribution in [3.63, 3.8) is 0 Å². The molecule has 0 spiro atoms. The predicted molar refractivity (Wildman–Crippen MR) is 80.9 cm³/mol. The highest BCUT2D eigenvalue weighted by molar-refractivity contribution is 6.39. The maximum atomic E-state index is 11.9. The summed E-state index contributed by atoms with van der Waals surface area (Å²) in [5.74, 6) is -1.39. The normalized spacial score (nSPS) is 21.6. The molecule has 0 heterocycles. The molecule has 5 nitrogen and oxygen atoms in total. The zero-order valence-electron chi connectivity index (χ0n) is 12.3. The second-order valence-corrected chi connectivity index (χ2v) is 5.44. The molecule has 114 valence electrons. The monoisotopic (exact) mass is 290 g/mol. The van der Waals surface area contributed by atoms with Gasteiger partial charge in [0.1, 0.15) is 0 Å². The molecule has 3 N–H and O–H groups in total. The molecule has 2 amide bonds. The van der Waals surface area contributed by atoms with Gasteiger partial charge in [0, 0.05) is 5.69 Å². The number of benzene rings is 1. The molecule has 0 bridgehead atoms. The van der Waals surface area contributed by atoms with Crippen molar-refractivity contribution in [2.45, 2.75) is 51.2 Å². The molecule has 5 heteroatoms. The SMILES string of the molecule is CCc1ccc(NC(=O)C(=O)NC2CCCCC2O)cc1. The van der Waals surface area contributed by atoms with Gasteiger partial charge in [0.25, 0.3) is 0 Å². The molecule has 0 radical (unpaired) electrons. The van der Waals surface area contributed by atoms with Gasteiger partial charge in [-0.25, -0.2) is 0 Å². The van der Waals surface area contributed by atoms with E-state index >= 15 is 0 Å². The van der Waals surface area contributed by atoms with Crippen LogP contribution in [0.5, 0.6) is 0 Å². The summed E-state index contributed by atoms with van der Waals surface area (Å²) in [6.07, 6.45) is 3.68. The summed E-state index contributed by atoms with van der Waals surface area (Å²) >= 11 is 0. The number of aliphatic hydroxyl groups excluding tert-OH is 1. The third-order valence-corrected chi connectivity index (χ3v) is 3.87. The molecule has 1 aromatic rings. The van der Waals surface area contributed by atoms with Crippen LogP contribution < -0.4 is 10.6 Å². The van der Waals surface area contributed by atoms with Gasteiger partial charge >= 0.3 is 11.8 Å². The standard InChI is InChI=1S/C16H22N2O3/c1-2-11-7-9-12(10-8-11)17-15(20)16(21)18-13-5-3-4-6-14(13)19/h7-10,13-14,19H,2-6H2,1H3,(H,17,20)(H,18,21). The first-order valence-electron chi connectivity index (χ1n) is 7.49. The number of hydrogen-bond donors (Lipinski definition) is 3. The molecule has 1 saturated carbocycles. The first kappa shape index (κ1) is 15.5. The van der Waals surface area contributed by atoms with Gasteiger partial charge in [-0.3, -0.25) is 9.59 Å². The van der Waals surface area contributed by atoms with E-state index in [0.29, 0.717) is 18.5 Å². The molecule has 2 unspecified atom stereocenters. The molecule has 2 atom stereocenters. The second kappa shape index (κ2) is 7.22. The lowest BCUT2D eigenvalue weighted by Gasteiger charge is -2.27. The molecular formula is C16H22N2O3. The highest BCUT2D eigenvalue weighted by atomic mass is 16.3. The molecule has 0 aromatic heterocycles. The highest BCUT2D eigenvalue weighted by Crippen LogP contribution is 2.18. The lowest BCUT2D eigenvalue weighted by atomic mass is 9.92. The molecule has 0 saturated heterocycles. The topological polar surface area (TPSA) is 78.4 Å². The van der Waals surface area contributed by atoms with Crippen LogP contribution in [0.1, 0.15) is 38.2 Å². The van der Waals surface area contributed by atoms with E-state index in [1.165, 1.54) is 5.56 Å². The molecule has 1 fully saturated rings. The van der Waals surface area contributed by atoms with Crippen molar-refractivity contribution in [3.8, 4) is 0 Å². The number of rotatable bonds is 3. The summed E-state index contributed by atoms with van der Waals surface area (Å²) in [4.78, 5) is 23.7. The summed E-state index contributed by atoms with van der Waals surface area (Å²) in [5, 5.41) is 15.0. The van der Waals surface area contributed by atoms with Crippen molar-refractivity contribution in [2.75, 3.05) is 5.32 Å². The summed E-state index contributed by atoms with van der Waals surface area (Å²) in [6.45, 7) is 2.05. The van der Waals surface area contributed by atoms with Crippen LogP contribution in [0.15, 0.2) is 24.3 Å². The third-order valence-electron chi connectivity index (χ3n) is 3.87. The Hall–Kier alpha value is -1.88. The summed E-state index contributed by atoms with van der Waals surface area (Å²) < 4.78 is 0. The van der Waals surface area contributed by atoms with Gasteiger partial charge in [-0.1, -0.05) is 31.9 Å². The van der Waals surface area contributed by atoms with Gasteiger partial charge in [-0.15, -0.1) is 0 Å². The van der Waals surface area contributed by atoms with Crippen LogP contribution in [-0.2, 0) is 16.0 Å². The number of aryl methyl sites for hydroxylation is 1. The molecule has 1 aliphatic carbocycles. The Morgan fingerprint density at radius 1 is 1.14 bits per heavy atom. The smallest absolute Gasteiger partial charge is 0.313 e. The van der Waals surface area contributed by atoms with Crippen molar-refractivity contribution in [1.29, 1.82) is 0 Å². The molecule has 21 heavy (non-hydrogen) atoms. The van der Waals surface area contributed by atoms with Crippen LogP contribution in [0.2, 0.25) is 0 Å². The molecule has 1 aromatic carbocycles. The Kier molecular flexibility index (Phi) is 5.33. The fourth-order valence-electron chi connectivity index (χ4n) is 2.53. The van der Waals surface area contributed by atoms with Crippen molar-refractivity contribution < 1.29 is 14.7 Å². The van der Waals surface area contributed by atoms with Gasteiger partial charge in [-0.2, -0.15) is 0 Å². The maximum Gasteiger partial charge on any atom is 0.313 e. The number of carbonyl (C=O) groups is 2. The van der Waals surface area contributed by atoms with Gasteiger partial charge in [0.05, 0.1) is 12.1 Å². The number of hydrogen-bond acceptors (Lipinski definition) is 3.